The van der Waals surface area contributed by atoms with Gasteiger partial charge in [-0.1, -0.05) is 24.3 Å². The van der Waals surface area contributed by atoms with Crippen molar-refractivity contribution in [2.24, 2.45) is 0 Å². The summed E-state index contributed by atoms with van der Waals surface area (Å²) in [5, 5.41) is 2.78. The van der Waals surface area contributed by atoms with Gasteiger partial charge >= 0.3 is 6.36 Å². The van der Waals surface area contributed by atoms with Crippen LogP contribution in [0, 0.1) is 6.92 Å². The van der Waals surface area contributed by atoms with Crippen LogP contribution in [0.1, 0.15) is 11.1 Å². The molecule has 0 saturated heterocycles. The van der Waals surface area contributed by atoms with Gasteiger partial charge < -0.3 is 14.5 Å². The van der Waals surface area contributed by atoms with Crippen LogP contribution >= 0.6 is 0 Å². The van der Waals surface area contributed by atoms with Crippen LogP contribution in [-0.2, 0) is 11.2 Å². The highest BCUT2D eigenvalue weighted by Gasteiger charge is 2.30. The molecule has 0 atom stereocenters. The summed E-state index contributed by atoms with van der Waals surface area (Å²) in [6, 6.07) is 18.0. The lowest BCUT2D eigenvalue weighted by Crippen LogP contribution is -2.17. The van der Waals surface area contributed by atoms with Crippen molar-refractivity contribution in [2.45, 2.75) is 19.7 Å². The van der Waals surface area contributed by atoms with Crippen LogP contribution in [0.4, 0.5) is 18.9 Å². The first-order valence-corrected chi connectivity index (χ1v) is 9.37. The molecule has 4 aromatic rings. The lowest BCUT2D eigenvalue weighted by Gasteiger charge is -2.09. The predicted molar refractivity (Wildman–Crippen MR) is 110 cm³/mol. The molecule has 0 unspecified atom stereocenters. The molecule has 1 amide bonds. The van der Waals surface area contributed by atoms with Crippen LogP contribution in [0.3, 0.4) is 0 Å². The van der Waals surface area contributed by atoms with E-state index in [-0.39, 0.29) is 18.1 Å². The van der Waals surface area contributed by atoms with E-state index in [1.54, 1.807) is 18.2 Å². The van der Waals surface area contributed by atoms with Gasteiger partial charge in [0.05, 0.1) is 6.42 Å². The molecule has 5 nitrogen and oxygen atoms in total. The van der Waals surface area contributed by atoms with Crippen LogP contribution in [0.25, 0.3) is 22.6 Å². The molecule has 4 rings (SSSR count). The summed E-state index contributed by atoms with van der Waals surface area (Å²) in [6.07, 6.45) is -4.75. The maximum atomic E-state index is 12.4. The lowest BCUT2D eigenvalue weighted by atomic mass is 10.1. The molecule has 8 heteroatoms. The number of hydrogen-bond acceptors (Lipinski definition) is 4. The Bertz CT molecular complexity index is 1230. The van der Waals surface area contributed by atoms with Gasteiger partial charge in [0.1, 0.15) is 11.3 Å². The van der Waals surface area contributed by atoms with Crippen molar-refractivity contribution in [3.8, 4) is 17.2 Å². The third-order valence-corrected chi connectivity index (χ3v) is 4.46. The molecule has 0 aliphatic heterocycles. The molecule has 1 aromatic heterocycles. The minimum atomic E-state index is -4.75. The first-order valence-electron chi connectivity index (χ1n) is 9.37. The van der Waals surface area contributed by atoms with Gasteiger partial charge in [-0.05, 0) is 60.5 Å². The molecular weight excluding hydrogens is 409 g/mol. The maximum Gasteiger partial charge on any atom is 0.573 e. The van der Waals surface area contributed by atoms with E-state index in [2.05, 4.69) is 15.0 Å². The topological polar surface area (TPSA) is 64.4 Å². The number of benzene rings is 3. The van der Waals surface area contributed by atoms with Crippen LogP contribution < -0.4 is 10.1 Å². The summed E-state index contributed by atoms with van der Waals surface area (Å²) >= 11 is 0. The van der Waals surface area contributed by atoms with E-state index in [0.717, 1.165) is 11.1 Å². The van der Waals surface area contributed by atoms with Gasteiger partial charge in [0.2, 0.25) is 11.8 Å². The molecule has 0 radical (unpaired) electrons. The number of ether oxygens (including phenoxy) is 1. The molecule has 1 N–H and O–H groups in total. The highest BCUT2D eigenvalue weighted by atomic mass is 19.4. The average molecular weight is 426 g/mol. The van der Waals surface area contributed by atoms with Gasteiger partial charge in [0, 0.05) is 11.3 Å². The van der Waals surface area contributed by atoms with E-state index in [1.807, 2.05) is 31.2 Å². The minimum absolute atomic E-state index is 0.00130. The number of nitrogens with zero attached hydrogens (tertiary/aromatic N) is 1. The number of alkyl halides is 3. The van der Waals surface area contributed by atoms with E-state index in [9.17, 15) is 18.0 Å². The standard InChI is InChI=1S/C23H17F3N2O3/c1-14-5-10-20-19(11-14)28-22(30-20)16-3-2-4-17(13-16)27-21(29)12-15-6-8-18(9-7-15)31-23(24,25)26/h2-11,13H,12H2,1H3,(H,27,29). The van der Waals surface area contributed by atoms with Crippen LogP contribution in [-0.4, -0.2) is 17.3 Å². The minimum Gasteiger partial charge on any atom is -0.436 e. The number of aryl methyl sites for hydroxylation is 1. The van der Waals surface area contributed by atoms with E-state index < -0.39 is 6.36 Å². The monoisotopic (exact) mass is 426 g/mol. The van der Waals surface area contributed by atoms with E-state index in [1.165, 1.54) is 24.3 Å². The van der Waals surface area contributed by atoms with Crippen molar-refractivity contribution in [1.29, 1.82) is 0 Å². The van der Waals surface area contributed by atoms with Crippen molar-refractivity contribution >= 4 is 22.7 Å². The van der Waals surface area contributed by atoms with Crippen molar-refractivity contribution in [3.63, 3.8) is 0 Å². The van der Waals surface area contributed by atoms with Crippen LogP contribution in [0.15, 0.2) is 71.1 Å². The number of fused-ring (bicyclic) bond motifs is 1. The quantitative estimate of drug-likeness (QED) is 0.433. The molecule has 31 heavy (non-hydrogen) atoms. The van der Waals surface area contributed by atoms with Crippen LogP contribution in [0.5, 0.6) is 5.75 Å². The fourth-order valence-electron chi connectivity index (χ4n) is 3.09. The van der Waals surface area contributed by atoms with E-state index in [0.29, 0.717) is 28.3 Å². The van der Waals surface area contributed by atoms with Crippen molar-refractivity contribution in [1.82, 2.24) is 4.98 Å². The second kappa shape index (κ2) is 8.14. The third kappa shape index (κ3) is 5.22. The normalized spacial score (nSPS) is 11.5. The Morgan fingerprint density at radius 3 is 2.58 bits per heavy atom. The zero-order chi connectivity index (χ0) is 22.0. The fraction of sp³-hybridized carbons (Fsp3) is 0.130. The molecule has 3 aromatic carbocycles. The Morgan fingerprint density at radius 2 is 1.84 bits per heavy atom. The Labute approximate surface area is 175 Å². The number of hydrogen-bond donors (Lipinski definition) is 1. The molecule has 0 aliphatic carbocycles. The first-order chi connectivity index (χ1) is 14.7. The Kier molecular flexibility index (Phi) is 5.37. The highest BCUT2D eigenvalue weighted by molar-refractivity contribution is 5.93. The number of aromatic nitrogens is 1. The van der Waals surface area contributed by atoms with Gasteiger partial charge in [0.25, 0.3) is 0 Å². The number of anilines is 1. The molecule has 0 bridgehead atoms. The lowest BCUT2D eigenvalue weighted by molar-refractivity contribution is -0.274. The Hall–Kier alpha value is -3.81. The molecule has 0 spiro atoms. The van der Waals surface area contributed by atoms with Crippen molar-refractivity contribution < 1.29 is 27.1 Å². The smallest absolute Gasteiger partial charge is 0.436 e. The highest BCUT2D eigenvalue weighted by Crippen LogP contribution is 2.27. The summed E-state index contributed by atoms with van der Waals surface area (Å²) < 4.78 is 46.3. The molecule has 0 fully saturated rings. The second-order valence-corrected chi connectivity index (χ2v) is 6.99. The SMILES string of the molecule is Cc1ccc2oc(-c3cccc(NC(=O)Cc4ccc(OC(F)(F)F)cc4)c3)nc2c1. The number of carbonyl (C=O) groups excluding carboxylic acids is 1. The van der Waals surface area contributed by atoms with Crippen molar-refractivity contribution in [3.05, 3.63) is 77.9 Å². The summed E-state index contributed by atoms with van der Waals surface area (Å²) in [4.78, 5) is 16.9. The summed E-state index contributed by atoms with van der Waals surface area (Å²) in [5.41, 5.74) is 4.32. The molecule has 1 heterocycles. The molecule has 0 saturated carbocycles. The molecule has 0 aliphatic rings. The summed E-state index contributed by atoms with van der Waals surface area (Å²) in [7, 11) is 0. The number of carbonyl (C=O) groups is 1. The number of nitrogens with one attached hydrogen (secondary N) is 1. The average Bonchev–Trinajstić information content (AvgIpc) is 3.12. The molecular formula is C23H17F3N2O3. The van der Waals surface area contributed by atoms with E-state index >= 15 is 0 Å². The second-order valence-electron chi connectivity index (χ2n) is 6.99. The number of amides is 1. The van der Waals surface area contributed by atoms with Gasteiger partial charge in [-0.2, -0.15) is 0 Å². The third-order valence-electron chi connectivity index (χ3n) is 4.46. The van der Waals surface area contributed by atoms with Gasteiger partial charge in [0.15, 0.2) is 5.58 Å². The van der Waals surface area contributed by atoms with Gasteiger partial charge in [-0.15, -0.1) is 13.2 Å². The summed E-state index contributed by atoms with van der Waals surface area (Å²) in [6.45, 7) is 1.97. The van der Waals surface area contributed by atoms with Crippen LogP contribution in [0.2, 0.25) is 0 Å². The van der Waals surface area contributed by atoms with E-state index in [4.69, 9.17) is 4.42 Å². The summed E-state index contributed by atoms with van der Waals surface area (Å²) in [5.74, 6) is -0.204. The van der Waals surface area contributed by atoms with Crippen molar-refractivity contribution in [2.75, 3.05) is 5.32 Å². The Balaban J connectivity index is 1.44. The first kappa shape index (κ1) is 20.5. The fourth-order valence-corrected chi connectivity index (χ4v) is 3.09. The molecule has 158 valence electrons. The number of halogens is 3. The predicted octanol–water partition coefficient (Wildman–Crippen LogP) is 5.88. The van der Waals surface area contributed by atoms with Gasteiger partial charge in [-0.3, -0.25) is 4.79 Å². The number of rotatable bonds is 5. The zero-order valence-electron chi connectivity index (χ0n) is 16.4. The van der Waals surface area contributed by atoms with Gasteiger partial charge in [-0.25, -0.2) is 4.98 Å². The number of oxazole rings is 1. The Morgan fingerprint density at radius 1 is 1.06 bits per heavy atom. The zero-order valence-corrected chi connectivity index (χ0v) is 16.4. The maximum absolute atomic E-state index is 12.4. The largest absolute Gasteiger partial charge is 0.573 e.